The van der Waals surface area contributed by atoms with E-state index < -0.39 is 11.5 Å². The van der Waals surface area contributed by atoms with E-state index in [4.69, 9.17) is 26.0 Å². The molecular weight excluding hydrogens is 374 g/mol. The van der Waals surface area contributed by atoms with Gasteiger partial charge < -0.3 is 19.7 Å². The Bertz CT molecular complexity index is 800. The molecule has 0 bridgehead atoms. The molecule has 0 radical (unpaired) electrons. The van der Waals surface area contributed by atoms with Crippen molar-refractivity contribution in [1.29, 1.82) is 0 Å². The van der Waals surface area contributed by atoms with Crippen molar-refractivity contribution in [2.75, 3.05) is 13.2 Å². The van der Waals surface area contributed by atoms with E-state index in [1.54, 1.807) is 24.3 Å². The maximum atomic E-state index is 12.3. The van der Waals surface area contributed by atoms with Crippen molar-refractivity contribution in [3.63, 3.8) is 0 Å². The highest BCUT2D eigenvalue weighted by molar-refractivity contribution is 6.30. The fourth-order valence-electron chi connectivity index (χ4n) is 3.05. The fourth-order valence-corrected chi connectivity index (χ4v) is 3.17. The number of aryl methyl sites for hydroxylation is 1. The molecule has 2 heterocycles. The van der Waals surface area contributed by atoms with Crippen LogP contribution in [-0.4, -0.2) is 45.9 Å². The Balaban J connectivity index is 1.57. The molecule has 1 aromatic carbocycles. The second-order valence-corrected chi connectivity index (χ2v) is 6.97. The van der Waals surface area contributed by atoms with Gasteiger partial charge in [0.15, 0.2) is 0 Å². The summed E-state index contributed by atoms with van der Waals surface area (Å²) in [6, 6.07) is 7.03. The third kappa shape index (κ3) is 5.27. The predicted molar refractivity (Wildman–Crippen MR) is 96.2 cm³/mol. The van der Waals surface area contributed by atoms with Crippen molar-refractivity contribution in [1.82, 2.24) is 15.5 Å². The Labute approximate surface area is 160 Å². The van der Waals surface area contributed by atoms with Gasteiger partial charge in [-0.1, -0.05) is 16.8 Å². The van der Waals surface area contributed by atoms with Gasteiger partial charge in [-0.05, 0) is 37.1 Å². The number of hydrogen-bond acceptors (Lipinski definition) is 6. The van der Waals surface area contributed by atoms with Crippen molar-refractivity contribution in [3.05, 3.63) is 35.2 Å². The molecule has 144 valence electrons. The van der Waals surface area contributed by atoms with Crippen LogP contribution < -0.4 is 5.32 Å². The second kappa shape index (κ2) is 8.49. The van der Waals surface area contributed by atoms with Crippen LogP contribution in [0.15, 0.2) is 28.8 Å². The lowest BCUT2D eigenvalue weighted by Crippen LogP contribution is -2.53. The first kappa shape index (κ1) is 19.3. The molecule has 2 aromatic rings. The first-order valence-corrected chi connectivity index (χ1v) is 9.03. The van der Waals surface area contributed by atoms with Gasteiger partial charge in [-0.3, -0.25) is 9.59 Å². The Morgan fingerprint density at radius 2 is 1.93 bits per heavy atom. The first-order valence-electron chi connectivity index (χ1n) is 8.65. The number of nitrogens with one attached hydrogen (secondary N) is 1. The fraction of sp³-hybridized carbons (Fsp3) is 0.444. The van der Waals surface area contributed by atoms with Crippen molar-refractivity contribution in [2.24, 2.45) is 0 Å². The normalized spacial score (nSPS) is 16.0. The van der Waals surface area contributed by atoms with E-state index in [1.165, 1.54) is 0 Å². The Kier molecular flexibility index (Phi) is 6.08. The van der Waals surface area contributed by atoms with Crippen LogP contribution in [0.5, 0.6) is 0 Å². The molecule has 2 N–H and O–H groups in total. The molecule has 1 fully saturated rings. The van der Waals surface area contributed by atoms with Gasteiger partial charge in [-0.15, -0.1) is 0 Å². The zero-order valence-corrected chi connectivity index (χ0v) is 15.4. The lowest BCUT2D eigenvalue weighted by atomic mass is 9.86. The highest BCUT2D eigenvalue weighted by Gasteiger charge is 2.36. The third-order valence-electron chi connectivity index (χ3n) is 4.48. The van der Waals surface area contributed by atoms with E-state index in [9.17, 15) is 9.59 Å². The molecule has 0 spiro atoms. The highest BCUT2D eigenvalue weighted by Crippen LogP contribution is 2.25. The standard InChI is InChI=1S/C18H20ClN3O5/c19-13-3-1-12(2-4-13)17-20-15(27-22-17)6-5-14(23)21-18(11-16(24)25)7-9-26-10-8-18/h1-4H,5-11H2,(H,21,23)(H,24,25). The molecular formula is C18H20ClN3O5. The number of amides is 1. The number of carbonyl (C=O) groups is 2. The zero-order chi connectivity index (χ0) is 19.3. The summed E-state index contributed by atoms with van der Waals surface area (Å²) >= 11 is 5.86. The third-order valence-corrected chi connectivity index (χ3v) is 4.73. The monoisotopic (exact) mass is 393 g/mol. The number of aliphatic carboxylic acids is 1. The first-order chi connectivity index (χ1) is 13.0. The van der Waals surface area contributed by atoms with Crippen molar-refractivity contribution < 1.29 is 24.0 Å². The lowest BCUT2D eigenvalue weighted by Gasteiger charge is -2.36. The van der Waals surface area contributed by atoms with Crippen LogP contribution in [0.3, 0.4) is 0 Å². The van der Waals surface area contributed by atoms with Crippen LogP contribution in [0, 0.1) is 0 Å². The number of carboxylic acid groups (broad SMARTS) is 1. The van der Waals surface area contributed by atoms with Gasteiger partial charge in [-0.25, -0.2) is 0 Å². The van der Waals surface area contributed by atoms with Gasteiger partial charge in [0.2, 0.25) is 17.6 Å². The lowest BCUT2D eigenvalue weighted by molar-refractivity contribution is -0.140. The van der Waals surface area contributed by atoms with Gasteiger partial charge in [0, 0.05) is 36.6 Å². The number of halogens is 1. The van der Waals surface area contributed by atoms with Crippen molar-refractivity contribution in [2.45, 2.75) is 37.6 Å². The van der Waals surface area contributed by atoms with Crippen molar-refractivity contribution in [3.8, 4) is 11.4 Å². The van der Waals surface area contributed by atoms with E-state index in [0.29, 0.717) is 42.8 Å². The van der Waals surface area contributed by atoms with Gasteiger partial charge in [-0.2, -0.15) is 4.98 Å². The second-order valence-electron chi connectivity index (χ2n) is 6.53. The van der Waals surface area contributed by atoms with Crippen LogP contribution in [0.1, 0.15) is 31.6 Å². The van der Waals surface area contributed by atoms with Gasteiger partial charge >= 0.3 is 5.97 Å². The molecule has 27 heavy (non-hydrogen) atoms. The number of hydrogen-bond donors (Lipinski definition) is 2. The predicted octanol–water partition coefficient (Wildman–Crippen LogP) is 2.46. The van der Waals surface area contributed by atoms with Crippen LogP contribution in [-0.2, 0) is 20.7 Å². The minimum Gasteiger partial charge on any atom is -0.481 e. The molecule has 8 nitrogen and oxygen atoms in total. The molecule has 0 aliphatic carbocycles. The summed E-state index contributed by atoms with van der Waals surface area (Å²) in [6.07, 6.45) is 1.23. The van der Waals surface area contributed by atoms with Crippen LogP contribution in [0.4, 0.5) is 0 Å². The van der Waals surface area contributed by atoms with E-state index in [1.807, 2.05) is 0 Å². The molecule has 3 rings (SSSR count). The number of ether oxygens (including phenoxy) is 1. The van der Waals surface area contributed by atoms with E-state index in [0.717, 1.165) is 5.56 Å². The number of benzene rings is 1. The number of carbonyl (C=O) groups excluding carboxylic acids is 1. The minimum absolute atomic E-state index is 0.122. The molecule has 1 aliphatic rings. The quantitative estimate of drug-likeness (QED) is 0.742. The Morgan fingerprint density at radius 3 is 2.59 bits per heavy atom. The molecule has 1 aromatic heterocycles. The minimum atomic E-state index is -0.943. The smallest absolute Gasteiger partial charge is 0.305 e. The zero-order valence-electron chi connectivity index (χ0n) is 14.6. The number of aromatic nitrogens is 2. The van der Waals surface area contributed by atoms with E-state index in [-0.39, 0.29) is 25.2 Å². The molecule has 9 heteroatoms. The number of carboxylic acids is 1. The molecule has 1 aliphatic heterocycles. The Hall–Kier alpha value is -2.45. The van der Waals surface area contributed by atoms with Crippen molar-refractivity contribution >= 4 is 23.5 Å². The van der Waals surface area contributed by atoms with Crippen LogP contribution in [0.25, 0.3) is 11.4 Å². The largest absolute Gasteiger partial charge is 0.481 e. The average molecular weight is 394 g/mol. The molecule has 1 amide bonds. The molecule has 0 unspecified atom stereocenters. The number of rotatable bonds is 7. The SMILES string of the molecule is O=C(O)CC1(NC(=O)CCc2nc(-c3ccc(Cl)cc3)no2)CCOCC1. The van der Waals surface area contributed by atoms with E-state index >= 15 is 0 Å². The highest BCUT2D eigenvalue weighted by atomic mass is 35.5. The summed E-state index contributed by atoms with van der Waals surface area (Å²) in [5.41, 5.74) is 0.00580. The summed E-state index contributed by atoms with van der Waals surface area (Å²) in [7, 11) is 0. The van der Waals surface area contributed by atoms with Gasteiger partial charge in [0.25, 0.3) is 0 Å². The van der Waals surface area contributed by atoms with Crippen LogP contribution >= 0.6 is 11.6 Å². The topological polar surface area (TPSA) is 115 Å². The average Bonchev–Trinajstić information content (AvgIpc) is 3.09. The van der Waals surface area contributed by atoms with Gasteiger partial charge in [0.1, 0.15) is 0 Å². The van der Waals surface area contributed by atoms with E-state index in [2.05, 4.69) is 15.5 Å². The summed E-state index contributed by atoms with van der Waals surface area (Å²) in [5.74, 6) is -0.422. The maximum Gasteiger partial charge on any atom is 0.305 e. The van der Waals surface area contributed by atoms with Crippen LogP contribution in [0.2, 0.25) is 5.02 Å². The molecule has 0 saturated carbocycles. The molecule has 0 atom stereocenters. The van der Waals surface area contributed by atoms with Gasteiger partial charge in [0.05, 0.1) is 12.0 Å². The summed E-state index contributed by atoms with van der Waals surface area (Å²) < 4.78 is 10.5. The summed E-state index contributed by atoms with van der Waals surface area (Å²) in [5, 5.41) is 16.5. The summed E-state index contributed by atoms with van der Waals surface area (Å²) in [4.78, 5) is 27.8. The molecule has 1 saturated heterocycles. The maximum absolute atomic E-state index is 12.3. The summed E-state index contributed by atoms with van der Waals surface area (Å²) in [6.45, 7) is 0.864. The Morgan fingerprint density at radius 1 is 1.22 bits per heavy atom. The number of nitrogens with zero attached hydrogens (tertiary/aromatic N) is 2.